The molecule has 3 aromatic carbocycles. The standard InChI is InChI=1S/C23H14Br2FNO2S2/c24-16-5-8-18(9-6-16)27-22(28)21(31-23(27)30)12-15-11-17(25)7-10-20(15)29-13-14-3-1-2-4-19(14)26/h1-12H,13H2/b21-12-. The van der Waals surface area contributed by atoms with Crippen molar-refractivity contribution in [2.45, 2.75) is 6.61 Å². The summed E-state index contributed by atoms with van der Waals surface area (Å²) in [5, 5.41) is 0. The summed E-state index contributed by atoms with van der Waals surface area (Å²) in [6, 6.07) is 19.3. The van der Waals surface area contributed by atoms with Gasteiger partial charge in [-0.1, -0.05) is 74.0 Å². The van der Waals surface area contributed by atoms with Crippen molar-refractivity contribution >= 4 is 77.8 Å². The van der Waals surface area contributed by atoms with Gasteiger partial charge in [0.15, 0.2) is 4.32 Å². The molecule has 0 aromatic heterocycles. The molecular formula is C23H14Br2FNO2S2. The highest BCUT2D eigenvalue weighted by atomic mass is 79.9. The van der Waals surface area contributed by atoms with Crippen LogP contribution >= 0.6 is 55.8 Å². The molecule has 0 atom stereocenters. The maximum Gasteiger partial charge on any atom is 0.270 e. The smallest absolute Gasteiger partial charge is 0.270 e. The second-order valence-corrected chi connectivity index (χ2v) is 10.1. The molecule has 156 valence electrons. The van der Waals surface area contributed by atoms with Crippen LogP contribution in [0.25, 0.3) is 6.08 Å². The molecule has 0 saturated carbocycles. The zero-order valence-corrected chi connectivity index (χ0v) is 20.7. The lowest BCUT2D eigenvalue weighted by atomic mass is 10.1. The Bertz CT molecular complexity index is 1200. The predicted octanol–water partition coefficient (Wildman–Crippen LogP) is 7.34. The predicted molar refractivity (Wildman–Crippen MR) is 135 cm³/mol. The number of amides is 1. The fourth-order valence-corrected chi connectivity index (χ4v) is 4.89. The number of hydrogen-bond acceptors (Lipinski definition) is 4. The topological polar surface area (TPSA) is 29.5 Å². The number of anilines is 1. The van der Waals surface area contributed by atoms with Gasteiger partial charge in [0.25, 0.3) is 5.91 Å². The van der Waals surface area contributed by atoms with E-state index in [1.807, 2.05) is 36.4 Å². The van der Waals surface area contributed by atoms with Crippen LogP contribution in [0, 0.1) is 5.82 Å². The minimum atomic E-state index is -0.323. The first-order chi connectivity index (χ1) is 14.9. The number of hydrogen-bond donors (Lipinski definition) is 0. The summed E-state index contributed by atoms with van der Waals surface area (Å²) in [6.07, 6.45) is 1.75. The van der Waals surface area contributed by atoms with Crippen molar-refractivity contribution in [1.82, 2.24) is 0 Å². The first kappa shape index (κ1) is 22.2. The number of halogens is 3. The van der Waals surface area contributed by atoms with Crippen LogP contribution in [0.1, 0.15) is 11.1 Å². The number of ether oxygens (including phenoxy) is 1. The zero-order valence-electron chi connectivity index (χ0n) is 15.8. The van der Waals surface area contributed by atoms with Crippen LogP contribution in [0.5, 0.6) is 5.75 Å². The molecule has 1 aliphatic rings. The summed E-state index contributed by atoms with van der Waals surface area (Å²) in [4.78, 5) is 15.1. The molecule has 0 aliphatic carbocycles. The van der Waals surface area contributed by atoms with Crippen LogP contribution in [0.3, 0.4) is 0 Å². The Hall–Kier alpha value is -2.00. The van der Waals surface area contributed by atoms with E-state index in [9.17, 15) is 9.18 Å². The van der Waals surface area contributed by atoms with E-state index in [0.717, 1.165) is 8.95 Å². The van der Waals surface area contributed by atoms with Gasteiger partial charge in [-0.2, -0.15) is 0 Å². The fourth-order valence-electron chi connectivity index (χ4n) is 2.96. The van der Waals surface area contributed by atoms with Crippen LogP contribution in [0.4, 0.5) is 10.1 Å². The lowest BCUT2D eigenvalue weighted by Crippen LogP contribution is -2.27. The van der Waals surface area contributed by atoms with Gasteiger partial charge in [0.2, 0.25) is 0 Å². The lowest BCUT2D eigenvalue weighted by molar-refractivity contribution is -0.113. The Morgan fingerprint density at radius 3 is 2.48 bits per heavy atom. The van der Waals surface area contributed by atoms with Gasteiger partial charge >= 0.3 is 0 Å². The lowest BCUT2D eigenvalue weighted by Gasteiger charge is -2.14. The average Bonchev–Trinajstić information content (AvgIpc) is 3.02. The minimum absolute atomic E-state index is 0.0784. The molecular weight excluding hydrogens is 565 g/mol. The molecule has 31 heavy (non-hydrogen) atoms. The highest BCUT2D eigenvalue weighted by Crippen LogP contribution is 2.38. The number of rotatable bonds is 5. The van der Waals surface area contributed by atoms with Gasteiger partial charge in [-0.25, -0.2) is 4.39 Å². The molecule has 1 aliphatic heterocycles. The molecule has 8 heteroatoms. The van der Waals surface area contributed by atoms with Gasteiger partial charge in [0.1, 0.15) is 18.2 Å². The number of benzene rings is 3. The summed E-state index contributed by atoms with van der Waals surface area (Å²) >= 11 is 13.5. The third-order valence-electron chi connectivity index (χ3n) is 4.48. The second kappa shape index (κ2) is 9.65. The Labute approximate surface area is 205 Å². The van der Waals surface area contributed by atoms with Crippen molar-refractivity contribution in [1.29, 1.82) is 0 Å². The number of thioether (sulfide) groups is 1. The molecule has 1 saturated heterocycles. The molecule has 1 amide bonds. The van der Waals surface area contributed by atoms with E-state index >= 15 is 0 Å². The van der Waals surface area contributed by atoms with E-state index in [1.165, 1.54) is 22.7 Å². The summed E-state index contributed by atoms with van der Waals surface area (Å²) < 4.78 is 22.0. The maximum atomic E-state index is 13.9. The van der Waals surface area contributed by atoms with E-state index < -0.39 is 0 Å². The minimum Gasteiger partial charge on any atom is -0.488 e. The summed E-state index contributed by atoms with van der Waals surface area (Å²) in [6.45, 7) is 0.0784. The normalized spacial score (nSPS) is 15.1. The first-order valence-electron chi connectivity index (χ1n) is 9.11. The summed E-state index contributed by atoms with van der Waals surface area (Å²) in [7, 11) is 0. The molecule has 1 fully saturated rings. The number of carbonyl (C=O) groups is 1. The van der Waals surface area contributed by atoms with Crippen LogP contribution in [0.2, 0.25) is 0 Å². The Morgan fingerprint density at radius 1 is 1.03 bits per heavy atom. The number of thiocarbonyl (C=S) groups is 1. The first-order valence-corrected chi connectivity index (χ1v) is 11.9. The zero-order chi connectivity index (χ0) is 22.0. The number of nitrogens with zero attached hydrogens (tertiary/aromatic N) is 1. The third kappa shape index (κ3) is 5.09. The number of carbonyl (C=O) groups excluding carboxylic acids is 1. The van der Waals surface area contributed by atoms with E-state index in [2.05, 4.69) is 31.9 Å². The van der Waals surface area contributed by atoms with Gasteiger partial charge in [0.05, 0.1) is 10.6 Å². The van der Waals surface area contributed by atoms with Crippen molar-refractivity contribution in [3.8, 4) is 5.75 Å². The van der Waals surface area contributed by atoms with Crippen molar-refractivity contribution in [3.05, 3.63) is 97.5 Å². The van der Waals surface area contributed by atoms with Crippen LogP contribution in [0.15, 0.2) is 80.6 Å². The molecule has 0 N–H and O–H groups in total. The third-order valence-corrected chi connectivity index (χ3v) is 6.80. The fraction of sp³-hybridized carbons (Fsp3) is 0.0435. The van der Waals surface area contributed by atoms with Gasteiger partial charge < -0.3 is 4.74 Å². The maximum absolute atomic E-state index is 13.9. The van der Waals surface area contributed by atoms with Crippen molar-refractivity contribution in [3.63, 3.8) is 0 Å². The van der Waals surface area contributed by atoms with Crippen LogP contribution < -0.4 is 9.64 Å². The highest BCUT2D eigenvalue weighted by Gasteiger charge is 2.33. The molecule has 0 bridgehead atoms. The molecule has 1 heterocycles. The monoisotopic (exact) mass is 577 g/mol. The Kier molecular flexibility index (Phi) is 6.91. The van der Waals surface area contributed by atoms with Crippen molar-refractivity contribution in [2.24, 2.45) is 0 Å². The average molecular weight is 579 g/mol. The van der Waals surface area contributed by atoms with E-state index in [0.29, 0.717) is 31.8 Å². The molecule has 0 radical (unpaired) electrons. The summed E-state index contributed by atoms with van der Waals surface area (Å²) in [5.74, 6) is 0.0224. The Balaban J connectivity index is 1.61. The summed E-state index contributed by atoms with van der Waals surface area (Å²) in [5.41, 5.74) is 1.86. The van der Waals surface area contributed by atoms with Crippen molar-refractivity contribution < 1.29 is 13.9 Å². The molecule has 0 spiro atoms. The highest BCUT2D eigenvalue weighted by molar-refractivity contribution is 9.10. The largest absolute Gasteiger partial charge is 0.488 e. The van der Waals surface area contributed by atoms with E-state index in [4.69, 9.17) is 17.0 Å². The Morgan fingerprint density at radius 2 is 1.74 bits per heavy atom. The molecule has 0 unspecified atom stereocenters. The quantitative estimate of drug-likeness (QED) is 0.234. The van der Waals surface area contributed by atoms with Gasteiger partial charge in [-0.05, 0) is 54.6 Å². The SMILES string of the molecule is O=C1/C(=C/c2cc(Br)ccc2OCc2ccccc2F)SC(=S)N1c1ccc(Br)cc1. The second-order valence-electron chi connectivity index (χ2n) is 6.56. The van der Waals surface area contributed by atoms with E-state index in [1.54, 1.807) is 30.3 Å². The van der Waals surface area contributed by atoms with Gasteiger partial charge in [0, 0.05) is 20.1 Å². The molecule has 3 aromatic rings. The van der Waals surface area contributed by atoms with Crippen LogP contribution in [-0.2, 0) is 11.4 Å². The van der Waals surface area contributed by atoms with E-state index in [-0.39, 0.29) is 18.3 Å². The molecule has 4 rings (SSSR count). The van der Waals surface area contributed by atoms with Gasteiger partial charge in [-0.15, -0.1) is 0 Å². The van der Waals surface area contributed by atoms with Gasteiger partial charge in [-0.3, -0.25) is 9.69 Å². The molecule has 3 nitrogen and oxygen atoms in total. The van der Waals surface area contributed by atoms with Crippen molar-refractivity contribution in [2.75, 3.05) is 4.90 Å². The van der Waals surface area contributed by atoms with Crippen LogP contribution in [-0.4, -0.2) is 10.2 Å².